The van der Waals surface area contributed by atoms with E-state index in [-0.39, 0.29) is 5.82 Å². The molecule has 0 heterocycles. The number of rotatable bonds is 5. The van der Waals surface area contributed by atoms with Gasteiger partial charge in [0.05, 0.1) is 0 Å². The van der Waals surface area contributed by atoms with Crippen LogP contribution < -0.4 is 5.32 Å². The van der Waals surface area contributed by atoms with Crippen LogP contribution in [0.1, 0.15) is 50.7 Å². The molecule has 19 heavy (non-hydrogen) atoms. The van der Waals surface area contributed by atoms with E-state index < -0.39 is 0 Å². The largest absolute Gasteiger partial charge is 0.314 e. The molecule has 0 saturated heterocycles. The fourth-order valence-electron chi connectivity index (χ4n) is 3.20. The highest BCUT2D eigenvalue weighted by atomic mass is 19.1. The molecule has 0 unspecified atom stereocenters. The van der Waals surface area contributed by atoms with Crippen molar-refractivity contribution in [1.29, 1.82) is 0 Å². The topological polar surface area (TPSA) is 12.0 Å². The fraction of sp³-hybridized carbons (Fsp3) is 0.647. The number of hydrogen-bond donors (Lipinski definition) is 1. The van der Waals surface area contributed by atoms with Crippen molar-refractivity contribution in [3.05, 3.63) is 35.1 Å². The van der Waals surface area contributed by atoms with Crippen molar-refractivity contribution in [3.8, 4) is 0 Å². The monoisotopic (exact) mass is 263 g/mol. The van der Waals surface area contributed by atoms with E-state index in [9.17, 15) is 4.39 Å². The second-order valence-electron chi connectivity index (χ2n) is 6.49. The summed E-state index contributed by atoms with van der Waals surface area (Å²) in [4.78, 5) is 0. The summed E-state index contributed by atoms with van der Waals surface area (Å²) >= 11 is 0. The van der Waals surface area contributed by atoms with Crippen molar-refractivity contribution >= 4 is 0 Å². The van der Waals surface area contributed by atoms with E-state index in [1.54, 1.807) is 12.1 Å². The zero-order chi connectivity index (χ0) is 13.9. The Morgan fingerprint density at radius 3 is 2.58 bits per heavy atom. The smallest absolute Gasteiger partial charge is 0.123 e. The number of hydrogen-bond acceptors (Lipinski definition) is 1. The van der Waals surface area contributed by atoms with Gasteiger partial charge in [0.25, 0.3) is 0 Å². The fourth-order valence-corrected chi connectivity index (χ4v) is 3.20. The zero-order valence-electron chi connectivity index (χ0n) is 12.4. The number of benzene rings is 1. The standard InChI is InChI=1S/C17H26FN/c1-13(2)19-12-17(8-4-5-9-17)11-15-10-16(18)7-6-14(15)3/h6-7,10,13,19H,4-5,8-9,11-12H2,1-3H3. The van der Waals surface area contributed by atoms with E-state index in [2.05, 4.69) is 26.1 Å². The minimum atomic E-state index is -0.106. The van der Waals surface area contributed by atoms with E-state index in [1.807, 2.05) is 6.07 Å². The van der Waals surface area contributed by atoms with E-state index in [4.69, 9.17) is 0 Å². The first-order chi connectivity index (χ1) is 9.01. The lowest BCUT2D eigenvalue weighted by Gasteiger charge is -2.31. The SMILES string of the molecule is Cc1ccc(F)cc1CC1(CNC(C)C)CCCC1. The molecule has 1 fully saturated rings. The minimum Gasteiger partial charge on any atom is -0.314 e. The van der Waals surface area contributed by atoms with Crippen molar-refractivity contribution in [2.24, 2.45) is 5.41 Å². The van der Waals surface area contributed by atoms with Gasteiger partial charge in [-0.1, -0.05) is 32.8 Å². The third-order valence-electron chi connectivity index (χ3n) is 4.43. The molecule has 0 aromatic heterocycles. The Bertz CT molecular complexity index is 419. The second kappa shape index (κ2) is 6.04. The van der Waals surface area contributed by atoms with Gasteiger partial charge < -0.3 is 5.32 Å². The molecule has 2 rings (SSSR count). The second-order valence-corrected chi connectivity index (χ2v) is 6.49. The van der Waals surface area contributed by atoms with Crippen LogP contribution >= 0.6 is 0 Å². The van der Waals surface area contributed by atoms with Crippen molar-refractivity contribution in [2.45, 2.75) is 58.9 Å². The lowest BCUT2D eigenvalue weighted by atomic mass is 9.79. The van der Waals surface area contributed by atoms with E-state index in [0.29, 0.717) is 11.5 Å². The van der Waals surface area contributed by atoms with Crippen molar-refractivity contribution in [3.63, 3.8) is 0 Å². The number of nitrogens with one attached hydrogen (secondary N) is 1. The molecule has 0 amide bonds. The molecule has 1 aliphatic carbocycles. The van der Waals surface area contributed by atoms with Crippen LogP contribution in [0, 0.1) is 18.2 Å². The summed E-state index contributed by atoms with van der Waals surface area (Å²) in [7, 11) is 0. The van der Waals surface area contributed by atoms with Gasteiger partial charge in [0.15, 0.2) is 0 Å². The minimum absolute atomic E-state index is 0.106. The quantitative estimate of drug-likeness (QED) is 0.838. The summed E-state index contributed by atoms with van der Waals surface area (Å²) in [6.45, 7) is 7.53. The molecular formula is C17H26FN. The van der Waals surface area contributed by atoms with E-state index in [1.165, 1.54) is 36.8 Å². The Balaban J connectivity index is 2.13. The normalized spacial score (nSPS) is 18.2. The molecule has 0 aliphatic heterocycles. The average molecular weight is 263 g/mol. The first-order valence-electron chi connectivity index (χ1n) is 7.49. The molecule has 1 N–H and O–H groups in total. The molecule has 2 heteroatoms. The summed E-state index contributed by atoms with van der Waals surface area (Å²) in [6, 6.07) is 5.71. The molecule has 1 nitrogen and oxygen atoms in total. The van der Waals surface area contributed by atoms with Crippen LogP contribution in [0.3, 0.4) is 0 Å². The molecule has 0 bridgehead atoms. The van der Waals surface area contributed by atoms with Crippen molar-refractivity contribution in [1.82, 2.24) is 5.32 Å². The van der Waals surface area contributed by atoms with Crippen LogP contribution in [0.5, 0.6) is 0 Å². The Morgan fingerprint density at radius 2 is 1.95 bits per heavy atom. The molecule has 1 saturated carbocycles. The highest BCUT2D eigenvalue weighted by Gasteiger charge is 2.34. The Morgan fingerprint density at radius 1 is 1.26 bits per heavy atom. The van der Waals surface area contributed by atoms with Crippen LogP contribution in [0.15, 0.2) is 18.2 Å². The average Bonchev–Trinajstić information content (AvgIpc) is 2.81. The molecule has 106 valence electrons. The molecule has 0 radical (unpaired) electrons. The first-order valence-corrected chi connectivity index (χ1v) is 7.49. The lowest BCUT2D eigenvalue weighted by Crippen LogP contribution is -2.37. The van der Waals surface area contributed by atoms with Crippen molar-refractivity contribution in [2.75, 3.05) is 6.54 Å². The van der Waals surface area contributed by atoms with Crippen LogP contribution in [0.25, 0.3) is 0 Å². The maximum Gasteiger partial charge on any atom is 0.123 e. The van der Waals surface area contributed by atoms with E-state index >= 15 is 0 Å². The van der Waals surface area contributed by atoms with Gasteiger partial charge in [-0.05, 0) is 54.9 Å². The highest BCUT2D eigenvalue weighted by molar-refractivity contribution is 5.28. The number of halogens is 1. The zero-order valence-corrected chi connectivity index (χ0v) is 12.4. The molecule has 1 aromatic carbocycles. The highest BCUT2D eigenvalue weighted by Crippen LogP contribution is 2.41. The van der Waals surface area contributed by atoms with Crippen LogP contribution in [0.2, 0.25) is 0 Å². The first kappa shape index (κ1) is 14.5. The van der Waals surface area contributed by atoms with Crippen LogP contribution in [-0.2, 0) is 6.42 Å². The van der Waals surface area contributed by atoms with Crippen LogP contribution in [0.4, 0.5) is 4.39 Å². The summed E-state index contributed by atoms with van der Waals surface area (Å²) < 4.78 is 13.4. The van der Waals surface area contributed by atoms with Gasteiger partial charge in [0, 0.05) is 12.6 Å². The Labute approximate surface area is 116 Å². The lowest BCUT2D eigenvalue weighted by molar-refractivity contribution is 0.268. The van der Waals surface area contributed by atoms with Gasteiger partial charge in [-0.3, -0.25) is 0 Å². The predicted octanol–water partition coefficient (Wildman–Crippen LogP) is 4.24. The molecule has 1 aromatic rings. The molecule has 1 aliphatic rings. The van der Waals surface area contributed by atoms with Gasteiger partial charge in [0.1, 0.15) is 5.82 Å². The third-order valence-corrected chi connectivity index (χ3v) is 4.43. The van der Waals surface area contributed by atoms with E-state index in [0.717, 1.165) is 13.0 Å². The van der Waals surface area contributed by atoms with Crippen LogP contribution in [-0.4, -0.2) is 12.6 Å². The predicted molar refractivity (Wildman–Crippen MR) is 78.9 cm³/mol. The maximum absolute atomic E-state index is 13.4. The van der Waals surface area contributed by atoms with Gasteiger partial charge in [-0.2, -0.15) is 0 Å². The summed E-state index contributed by atoms with van der Waals surface area (Å²) in [5.74, 6) is -0.106. The molecule has 0 atom stereocenters. The van der Waals surface area contributed by atoms with Gasteiger partial charge >= 0.3 is 0 Å². The third kappa shape index (κ3) is 3.79. The van der Waals surface area contributed by atoms with Gasteiger partial charge in [0.2, 0.25) is 0 Å². The van der Waals surface area contributed by atoms with Gasteiger partial charge in [-0.25, -0.2) is 4.39 Å². The summed E-state index contributed by atoms with van der Waals surface area (Å²) in [5.41, 5.74) is 2.74. The number of aryl methyl sites for hydroxylation is 1. The Kier molecular flexibility index (Phi) is 4.62. The maximum atomic E-state index is 13.4. The molecule has 0 spiro atoms. The molecular weight excluding hydrogens is 237 g/mol. The Hall–Kier alpha value is -0.890. The summed E-state index contributed by atoms with van der Waals surface area (Å²) in [6.07, 6.45) is 6.17. The van der Waals surface area contributed by atoms with Gasteiger partial charge in [-0.15, -0.1) is 0 Å². The van der Waals surface area contributed by atoms with Crippen molar-refractivity contribution < 1.29 is 4.39 Å². The summed E-state index contributed by atoms with van der Waals surface area (Å²) in [5, 5.41) is 3.59.